The number of pyridine rings is 2. The van der Waals surface area contributed by atoms with Crippen molar-refractivity contribution in [3.8, 4) is 22.4 Å². The maximum absolute atomic E-state index is 12.6. The molecule has 0 bridgehead atoms. The molecule has 6 nitrogen and oxygen atoms in total. The number of aromatic amines is 2. The molecule has 2 N–H and O–H groups in total. The normalized spacial score (nSPS) is 13.8. The van der Waals surface area contributed by atoms with Gasteiger partial charge in [-0.2, -0.15) is 5.10 Å². The Morgan fingerprint density at radius 1 is 1.03 bits per heavy atom. The van der Waals surface area contributed by atoms with E-state index in [2.05, 4.69) is 21.2 Å². The van der Waals surface area contributed by atoms with E-state index in [-0.39, 0.29) is 11.7 Å². The van der Waals surface area contributed by atoms with Crippen LogP contribution in [0.15, 0.2) is 65.6 Å². The van der Waals surface area contributed by atoms with Gasteiger partial charge in [-0.3, -0.25) is 9.89 Å². The van der Waals surface area contributed by atoms with Gasteiger partial charge in [0.15, 0.2) is 0 Å². The van der Waals surface area contributed by atoms with E-state index in [0.717, 1.165) is 51.5 Å². The van der Waals surface area contributed by atoms with Gasteiger partial charge in [0.2, 0.25) is 0 Å². The van der Waals surface area contributed by atoms with Crippen LogP contribution in [0.25, 0.3) is 44.3 Å². The predicted octanol–water partition coefficient (Wildman–Crippen LogP) is 5.47. The van der Waals surface area contributed by atoms with Gasteiger partial charge in [-0.05, 0) is 42.7 Å². The first kappa shape index (κ1) is 19.2. The van der Waals surface area contributed by atoms with Crippen molar-refractivity contribution in [1.29, 1.82) is 0 Å². The van der Waals surface area contributed by atoms with E-state index in [0.29, 0.717) is 22.8 Å². The molecule has 1 fully saturated rings. The summed E-state index contributed by atoms with van der Waals surface area (Å²) in [5, 5.41) is 9.40. The van der Waals surface area contributed by atoms with Crippen LogP contribution in [0.2, 0.25) is 5.02 Å². The number of nitrogens with zero attached hydrogens (tertiary/aromatic N) is 2. The van der Waals surface area contributed by atoms with Gasteiger partial charge >= 0.3 is 0 Å². The quantitative estimate of drug-likeness (QED) is 0.378. The summed E-state index contributed by atoms with van der Waals surface area (Å²) in [6.45, 7) is 0.304. The third-order valence-corrected chi connectivity index (χ3v) is 6.06. The predicted molar refractivity (Wildman–Crippen MR) is 126 cm³/mol. The number of ether oxygens (including phenoxy) is 1. The smallest absolute Gasteiger partial charge is 0.255 e. The summed E-state index contributed by atoms with van der Waals surface area (Å²) < 4.78 is 5.76. The van der Waals surface area contributed by atoms with Crippen molar-refractivity contribution in [3.63, 3.8) is 0 Å². The van der Waals surface area contributed by atoms with E-state index in [4.69, 9.17) is 21.3 Å². The molecule has 0 amide bonds. The Morgan fingerprint density at radius 3 is 2.69 bits per heavy atom. The molecule has 0 spiro atoms. The molecule has 6 rings (SSSR count). The van der Waals surface area contributed by atoms with Crippen LogP contribution in [0.5, 0.6) is 0 Å². The summed E-state index contributed by atoms with van der Waals surface area (Å²) in [6.07, 6.45) is 4.17. The van der Waals surface area contributed by atoms with E-state index >= 15 is 0 Å². The lowest BCUT2D eigenvalue weighted by atomic mass is 9.97. The molecule has 0 unspecified atom stereocenters. The average molecular weight is 443 g/mol. The first-order chi connectivity index (χ1) is 15.7. The molecule has 1 saturated carbocycles. The number of hydrogen-bond donors (Lipinski definition) is 2. The fourth-order valence-electron chi connectivity index (χ4n) is 3.94. The highest BCUT2D eigenvalue weighted by atomic mass is 35.5. The monoisotopic (exact) mass is 442 g/mol. The van der Waals surface area contributed by atoms with Crippen LogP contribution >= 0.6 is 11.6 Å². The Balaban J connectivity index is 1.57. The minimum Gasteiger partial charge on any atom is -0.373 e. The Bertz CT molecular complexity index is 1520. The molecular weight excluding hydrogens is 424 g/mol. The SMILES string of the molecule is O=c1[nH]c2nc(-c3ccccc3)c(-c3cc(Cl)c4[nH]ncc4c3)cc2cc1COC1CC1. The number of rotatable bonds is 5. The topological polar surface area (TPSA) is 83.7 Å². The van der Waals surface area contributed by atoms with Crippen LogP contribution in [0, 0.1) is 0 Å². The fraction of sp³-hybridized carbons (Fsp3) is 0.160. The zero-order chi connectivity index (χ0) is 21.7. The second-order valence-corrected chi connectivity index (χ2v) is 8.52. The van der Waals surface area contributed by atoms with Crippen molar-refractivity contribution >= 4 is 33.5 Å². The summed E-state index contributed by atoms with van der Waals surface area (Å²) in [6, 6.07) is 17.8. The van der Waals surface area contributed by atoms with Crippen molar-refractivity contribution < 1.29 is 4.74 Å². The zero-order valence-corrected chi connectivity index (χ0v) is 17.8. The second-order valence-electron chi connectivity index (χ2n) is 8.11. The molecule has 32 heavy (non-hydrogen) atoms. The van der Waals surface area contributed by atoms with Crippen molar-refractivity contribution in [3.05, 3.63) is 81.7 Å². The van der Waals surface area contributed by atoms with Crippen molar-refractivity contribution in [2.75, 3.05) is 0 Å². The zero-order valence-electron chi connectivity index (χ0n) is 17.1. The van der Waals surface area contributed by atoms with Gasteiger partial charge in [0.1, 0.15) is 5.65 Å². The van der Waals surface area contributed by atoms with Crippen molar-refractivity contribution in [2.24, 2.45) is 0 Å². The summed E-state index contributed by atoms with van der Waals surface area (Å²) in [5.74, 6) is 0. The van der Waals surface area contributed by atoms with Crippen LogP contribution < -0.4 is 5.56 Å². The Morgan fingerprint density at radius 2 is 1.88 bits per heavy atom. The first-order valence-electron chi connectivity index (χ1n) is 10.5. The van der Waals surface area contributed by atoms with Gasteiger partial charge in [-0.1, -0.05) is 41.9 Å². The maximum atomic E-state index is 12.6. The summed E-state index contributed by atoms with van der Waals surface area (Å²) >= 11 is 6.54. The second kappa shape index (κ2) is 7.58. The van der Waals surface area contributed by atoms with Gasteiger partial charge in [-0.15, -0.1) is 0 Å². The van der Waals surface area contributed by atoms with Gasteiger partial charge in [-0.25, -0.2) is 4.98 Å². The molecule has 2 aromatic carbocycles. The number of halogens is 1. The molecule has 0 saturated heterocycles. The molecule has 3 aromatic heterocycles. The molecule has 5 aromatic rings. The summed E-state index contributed by atoms with van der Waals surface area (Å²) in [5.41, 5.74) is 5.36. The number of benzene rings is 2. The number of H-pyrrole nitrogens is 2. The van der Waals surface area contributed by atoms with E-state index in [9.17, 15) is 4.79 Å². The van der Waals surface area contributed by atoms with Crippen molar-refractivity contribution in [1.82, 2.24) is 20.2 Å². The van der Waals surface area contributed by atoms with Crippen LogP contribution in [0.3, 0.4) is 0 Å². The number of nitrogens with one attached hydrogen (secondary N) is 2. The highest BCUT2D eigenvalue weighted by molar-refractivity contribution is 6.35. The highest BCUT2D eigenvalue weighted by Gasteiger charge is 2.22. The highest BCUT2D eigenvalue weighted by Crippen LogP contribution is 2.36. The maximum Gasteiger partial charge on any atom is 0.255 e. The molecular formula is C25H19ClN4O2. The van der Waals surface area contributed by atoms with E-state index in [1.165, 1.54) is 0 Å². The third kappa shape index (κ3) is 3.47. The van der Waals surface area contributed by atoms with Crippen LogP contribution in [-0.4, -0.2) is 26.3 Å². The van der Waals surface area contributed by atoms with Gasteiger partial charge in [0, 0.05) is 27.5 Å². The fourth-order valence-corrected chi connectivity index (χ4v) is 4.20. The van der Waals surface area contributed by atoms with Crippen molar-refractivity contribution in [2.45, 2.75) is 25.6 Å². The molecule has 0 aliphatic heterocycles. The van der Waals surface area contributed by atoms with Gasteiger partial charge < -0.3 is 9.72 Å². The minimum absolute atomic E-state index is 0.166. The van der Waals surface area contributed by atoms with Gasteiger partial charge in [0.05, 0.1) is 35.1 Å². The van der Waals surface area contributed by atoms with Crippen LogP contribution in [0.1, 0.15) is 18.4 Å². The Labute approximate surface area is 188 Å². The minimum atomic E-state index is -0.166. The lowest BCUT2D eigenvalue weighted by molar-refractivity contribution is 0.105. The Hall–Kier alpha value is -3.48. The molecule has 3 heterocycles. The van der Waals surface area contributed by atoms with Crippen LogP contribution in [0.4, 0.5) is 0 Å². The van der Waals surface area contributed by atoms with E-state index in [1.807, 2.05) is 48.5 Å². The summed E-state index contributed by atoms with van der Waals surface area (Å²) in [7, 11) is 0. The average Bonchev–Trinajstić information content (AvgIpc) is 3.51. The lowest BCUT2D eigenvalue weighted by Crippen LogP contribution is -2.14. The first-order valence-corrected chi connectivity index (χ1v) is 10.9. The number of fused-ring (bicyclic) bond motifs is 2. The molecule has 7 heteroatoms. The summed E-state index contributed by atoms with van der Waals surface area (Å²) in [4.78, 5) is 20.4. The van der Waals surface area contributed by atoms with E-state index in [1.54, 1.807) is 6.20 Å². The number of hydrogen-bond acceptors (Lipinski definition) is 4. The number of aromatic nitrogens is 4. The standard InChI is InChI=1S/C25H19ClN4O2/c26-21-11-15(8-17-12-27-30-23(17)21)20-10-16-9-18(13-32-19-6-7-19)25(31)29-24(16)28-22(20)14-4-2-1-3-5-14/h1-5,8-12,19H,6-7,13H2,(H,27,30)(H,28,29,31). The largest absolute Gasteiger partial charge is 0.373 e. The molecule has 1 aliphatic rings. The van der Waals surface area contributed by atoms with Gasteiger partial charge in [0.25, 0.3) is 5.56 Å². The Kier molecular flexibility index (Phi) is 4.56. The van der Waals surface area contributed by atoms with Crippen LogP contribution in [-0.2, 0) is 11.3 Å². The molecule has 0 radical (unpaired) electrons. The molecule has 0 atom stereocenters. The van der Waals surface area contributed by atoms with E-state index < -0.39 is 0 Å². The molecule has 1 aliphatic carbocycles. The lowest BCUT2D eigenvalue weighted by Gasteiger charge is -2.13. The molecule has 158 valence electrons. The third-order valence-electron chi connectivity index (χ3n) is 5.76.